The highest BCUT2D eigenvalue weighted by atomic mass is 16.5. The first-order chi connectivity index (χ1) is 8.73. The number of hydrogen-bond acceptors (Lipinski definition) is 3. The summed E-state index contributed by atoms with van der Waals surface area (Å²) in [6, 6.07) is 0. The van der Waals surface area contributed by atoms with Crippen LogP contribution in [-0.4, -0.2) is 42.3 Å². The van der Waals surface area contributed by atoms with Gasteiger partial charge in [-0.3, -0.25) is 4.90 Å². The van der Waals surface area contributed by atoms with E-state index in [1.54, 1.807) is 0 Å². The van der Waals surface area contributed by atoms with Gasteiger partial charge in [0.1, 0.15) is 0 Å². The van der Waals surface area contributed by atoms with Gasteiger partial charge in [-0.05, 0) is 38.5 Å². The van der Waals surface area contributed by atoms with Crippen molar-refractivity contribution < 1.29 is 4.74 Å². The van der Waals surface area contributed by atoms with Crippen LogP contribution in [0.25, 0.3) is 0 Å². The highest BCUT2D eigenvalue weighted by molar-refractivity contribution is 5.01. The van der Waals surface area contributed by atoms with Gasteiger partial charge in [0.15, 0.2) is 0 Å². The summed E-state index contributed by atoms with van der Waals surface area (Å²) in [4.78, 5) is 2.64. The summed E-state index contributed by atoms with van der Waals surface area (Å²) in [5.74, 6) is 1.34. The molecular weight excluding hydrogens is 236 g/mol. The summed E-state index contributed by atoms with van der Waals surface area (Å²) in [6.07, 6.45) is 2.34. The smallest absolute Gasteiger partial charge is 0.0645 e. The SMILES string of the molecule is CC(C)CC(CN)(CC(C)C)N1CCOCC1(C)C. The Morgan fingerprint density at radius 1 is 1.16 bits per heavy atom. The van der Waals surface area contributed by atoms with E-state index in [4.69, 9.17) is 10.5 Å². The molecule has 0 aromatic heterocycles. The Morgan fingerprint density at radius 3 is 2.05 bits per heavy atom. The molecule has 0 spiro atoms. The van der Waals surface area contributed by atoms with Crippen LogP contribution >= 0.6 is 0 Å². The van der Waals surface area contributed by atoms with Crippen LogP contribution in [0.5, 0.6) is 0 Å². The fourth-order valence-electron chi connectivity index (χ4n) is 3.84. The third-order valence-electron chi connectivity index (χ3n) is 4.17. The fourth-order valence-corrected chi connectivity index (χ4v) is 3.84. The maximum Gasteiger partial charge on any atom is 0.0645 e. The van der Waals surface area contributed by atoms with E-state index < -0.39 is 0 Å². The molecule has 3 nitrogen and oxygen atoms in total. The standard InChI is InChI=1S/C16H34N2O/c1-13(2)9-16(11-17,10-14(3)4)18-7-8-19-12-15(18,5)6/h13-14H,7-12,17H2,1-6H3. The maximum absolute atomic E-state index is 6.27. The van der Waals surface area contributed by atoms with Crippen molar-refractivity contribution in [2.24, 2.45) is 17.6 Å². The number of rotatable bonds is 6. The molecule has 19 heavy (non-hydrogen) atoms. The number of nitrogens with zero attached hydrogens (tertiary/aromatic N) is 1. The monoisotopic (exact) mass is 270 g/mol. The van der Waals surface area contributed by atoms with Crippen molar-refractivity contribution >= 4 is 0 Å². The molecule has 0 saturated carbocycles. The molecule has 1 fully saturated rings. The number of nitrogens with two attached hydrogens (primary N) is 1. The first-order valence-electron chi connectivity index (χ1n) is 7.79. The molecule has 0 bridgehead atoms. The zero-order chi connectivity index (χ0) is 14.7. The molecule has 1 aliphatic rings. The molecular formula is C16H34N2O. The van der Waals surface area contributed by atoms with Gasteiger partial charge >= 0.3 is 0 Å². The molecule has 0 aromatic rings. The predicted octanol–water partition coefficient (Wildman–Crippen LogP) is 2.89. The molecule has 3 heteroatoms. The van der Waals surface area contributed by atoms with Gasteiger partial charge in [0, 0.05) is 24.2 Å². The minimum Gasteiger partial charge on any atom is -0.378 e. The van der Waals surface area contributed by atoms with Crippen molar-refractivity contribution in [1.29, 1.82) is 0 Å². The van der Waals surface area contributed by atoms with Crippen LogP contribution < -0.4 is 5.73 Å². The van der Waals surface area contributed by atoms with E-state index in [1.165, 1.54) is 12.8 Å². The van der Waals surface area contributed by atoms with E-state index in [0.717, 1.165) is 26.3 Å². The zero-order valence-corrected chi connectivity index (χ0v) is 13.8. The van der Waals surface area contributed by atoms with Crippen molar-refractivity contribution in [3.8, 4) is 0 Å². The molecule has 0 amide bonds. The molecule has 1 saturated heterocycles. The molecule has 0 atom stereocenters. The minimum absolute atomic E-state index is 0.0847. The summed E-state index contributed by atoms with van der Waals surface area (Å²) in [7, 11) is 0. The lowest BCUT2D eigenvalue weighted by molar-refractivity contribution is -0.114. The second kappa shape index (κ2) is 6.55. The van der Waals surface area contributed by atoms with Gasteiger partial charge in [0.05, 0.1) is 13.2 Å². The van der Waals surface area contributed by atoms with E-state index >= 15 is 0 Å². The Labute approximate surface area is 119 Å². The Balaban J connectivity index is 3.04. The lowest BCUT2D eigenvalue weighted by atomic mass is 9.77. The van der Waals surface area contributed by atoms with E-state index in [1.807, 2.05) is 0 Å². The lowest BCUT2D eigenvalue weighted by Crippen LogP contribution is -2.66. The van der Waals surface area contributed by atoms with E-state index in [2.05, 4.69) is 46.4 Å². The molecule has 0 radical (unpaired) electrons. The average molecular weight is 270 g/mol. The van der Waals surface area contributed by atoms with Crippen LogP contribution in [0.1, 0.15) is 54.4 Å². The van der Waals surface area contributed by atoms with Crippen molar-refractivity contribution in [3.63, 3.8) is 0 Å². The van der Waals surface area contributed by atoms with Gasteiger partial charge in [0.25, 0.3) is 0 Å². The summed E-state index contributed by atoms with van der Waals surface area (Å²) in [5, 5.41) is 0. The minimum atomic E-state index is 0.0847. The Morgan fingerprint density at radius 2 is 1.68 bits per heavy atom. The molecule has 0 aliphatic carbocycles. The second-order valence-electron chi connectivity index (χ2n) is 7.64. The largest absolute Gasteiger partial charge is 0.378 e. The van der Waals surface area contributed by atoms with Crippen molar-refractivity contribution in [2.45, 2.75) is 65.5 Å². The molecule has 0 unspecified atom stereocenters. The first-order valence-corrected chi connectivity index (χ1v) is 7.79. The van der Waals surface area contributed by atoms with Gasteiger partial charge in [-0.15, -0.1) is 0 Å². The third-order valence-corrected chi connectivity index (χ3v) is 4.17. The topological polar surface area (TPSA) is 38.5 Å². The Kier molecular flexibility index (Phi) is 5.84. The molecule has 1 heterocycles. The highest BCUT2D eigenvalue weighted by Crippen LogP contribution is 2.36. The Hall–Kier alpha value is -0.120. The van der Waals surface area contributed by atoms with E-state index in [0.29, 0.717) is 11.8 Å². The predicted molar refractivity (Wildman–Crippen MR) is 82.3 cm³/mol. The lowest BCUT2D eigenvalue weighted by Gasteiger charge is -2.55. The number of morpholine rings is 1. The van der Waals surface area contributed by atoms with Gasteiger partial charge in [-0.1, -0.05) is 27.7 Å². The quantitative estimate of drug-likeness (QED) is 0.806. The van der Waals surface area contributed by atoms with Crippen molar-refractivity contribution in [3.05, 3.63) is 0 Å². The summed E-state index contributed by atoms with van der Waals surface area (Å²) >= 11 is 0. The molecule has 1 rings (SSSR count). The van der Waals surface area contributed by atoms with Gasteiger partial charge in [0.2, 0.25) is 0 Å². The van der Waals surface area contributed by atoms with Gasteiger partial charge in [-0.25, -0.2) is 0 Å². The van der Waals surface area contributed by atoms with Gasteiger partial charge in [-0.2, -0.15) is 0 Å². The van der Waals surface area contributed by atoms with Crippen LogP contribution in [0.4, 0.5) is 0 Å². The summed E-state index contributed by atoms with van der Waals surface area (Å²) in [6.45, 7) is 17.2. The average Bonchev–Trinajstić information content (AvgIpc) is 2.26. The number of hydrogen-bond donors (Lipinski definition) is 1. The van der Waals surface area contributed by atoms with E-state index in [9.17, 15) is 0 Å². The van der Waals surface area contributed by atoms with Crippen LogP contribution in [-0.2, 0) is 4.74 Å². The third kappa shape index (κ3) is 4.17. The highest BCUT2D eigenvalue weighted by Gasteiger charge is 2.45. The van der Waals surface area contributed by atoms with Crippen molar-refractivity contribution in [1.82, 2.24) is 4.90 Å². The van der Waals surface area contributed by atoms with Crippen molar-refractivity contribution in [2.75, 3.05) is 26.3 Å². The Bertz CT molecular complexity index is 264. The van der Waals surface area contributed by atoms with E-state index in [-0.39, 0.29) is 11.1 Å². The summed E-state index contributed by atoms with van der Waals surface area (Å²) in [5.41, 5.74) is 6.48. The normalized spacial score (nSPS) is 21.3. The summed E-state index contributed by atoms with van der Waals surface area (Å²) < 4.78 is 5.68. The van der Waals surface area contributed by atoms with Crippen LogP contribution in [0.3, 0.4) is 0 Å². The zero-order valence-electron chi connectivity index (χ0n) is 13.8. The second-order valence-corrected chi connectivity index (χ2v) is 7.64. The molecule has 1 aliphatic heterocycles. The molecule has 0 aromatic carbocycles. The maximum atomic E-state index is 6.27. The fraction of sp³-hybridized carbons (Fsp3) is 1.00. The van der Waals surface area contributed by atoms with Crippen LogP contribution in [0.2, 0.25) is 0 Å². The van der Waals surface area contributed by atoms with Gasteiger partial charge < -0.3 is 10.5 Å². The number of ether oxygens (including phenoxy) is 1. The first kappa shape index (κ1) is 16.9. The molecule has 2 N–H and O–H groups in total. The van der Waals surface area contributed by atoms with Crippen LogP contribution in [0, 0.1) is 11.8 Å². The molecule has 114 valence electrons. The van der Waals surface area contributed by atoms with Crippen LogP contribution in [0.15, 0.2) is 0 Å².